The molecule has 43 heavy (non-hydrogen) atoms. The molecule has 0 saturated heterocycles. The number of carbonyl (C=O) groups excluding carboxylic acids is 2. The van der Waals surface area contributed by atoms with Crippen molar-refractivity contribution in [3.05, 3.63) is 84.9 Å². The zero-order valence-electron chi connectivity index (χ0n) is 23.0. The van der Waals surface area contributed by atoms with Crippen molar-refractivity contribution in [2.45, 2.75) is 0 Å². The van der Waals surface area contributed by atoms with Crippen LogP contribution in [0.25, 0.3) is 22.1 Å². The van der Waals surface area contributed by atoms with Gasteiger partial charge in [-0.05, 0) is 72.8 Å². The van der Waals surface area contributed by atoms with Crippen LogP contribution in [0.3, 0.4) is 0 Å². The number of nitrogens with one attached hydrogen (secondary N) is 6. The molecule has 6 aromatic rings. The Labute approximate surface area is 244 Å². The van der Waals surface area contributed by atoms with Gasteiger partial charge in [-0.25, -0.2) is 19.6 Å². The summed E-state index contributed by atoms with van der Waals surface area (Å²) in [6, 6.07) is 23.7. The molecule has 0 atom stereocenters. The highest BCUT2D eigenvalue weighted by molar-refractivity contribution is 6.00. The topological polar surface area (TPSA) is 167 Å². The number of hydrogen-bond donors (Lipinski definition) is 6. The van der Waals surface area contributed by atoms with Gasteiger partial charge in [-0.15, -0.1) is 0 Å². The molecule has 4 aromatic carbocycles. The Kier molecular flexibility index (Phi) is 7.34. The standard InChI is InChI=1S/C30H26N8O5/c1-41-19-7-3-17(4-8-19)31-29(39)37-27-33-23-13-11-21(15-25(23)35-27)43-22-12-14-24-26(16-22)36-28(34-24)38-30(40)32-18-5-9-20(42-2)10-6-18/h3-16H,1-2H3,(H3,31,33,35,37,39)(H3,32,34,36,38,40). The van der Waals surface area contributed by atoms with Gasteiger partial charge in [0.15, 0.2) is 0 Å². The number of hydrogen-bond acceptors (Lipinski definition) is 7. The summed E-state index contributed by atoms with van der Waals surface area (Å²) in [4.78, 5) is 39.9. The van der Waals surface area contributed by atoms with Crippen LogP contribution >= 0.6 is 0 Å². The molecule has 0 bridgehead atoms. The van der Waals surface area contributed by atoms with Crippen molar-refractivity contribution in [1.29, 1.82) is 0 Å². The van der Waals surface area contributed by atoms with Gasteiger partial charge >= 0.3 is 12.1 Å². The zero-order valence-corrected chi connectivity index (χ0v) is 23.0. The van der Waals surface area contributed by atoms with Gasteiger partial charge in [-0.2, -0.15) is 0 Å². The number of methoxy groups -OCH3 is 2. The average molecular weight is 579 g/mol. The van der Waals surface area contributed by atoms with Crippen LogP contribution in [-0.2, 0) is 0 Å². The molecule has 13 nitrogen and oxygen atoms in total. The van der Waals surface area contributed by atoms with Gasteiger partial charge in [0.05, 0.1) is 36.3 Å². The van der Waals surface area contributed by atoms with E-state index in [1.165, 1.54) is 0 Å². The summed E-state index contributed by atoms with van der Waals surface area (Å²) >= 11 is 0. The summed E-state index contributed by atoms with van der Waals surface area (Å²) in [5.74, 6) is 3.04. The van der Waals surface area contributed by atoms with Gasteiger partial charge in [0, 0.05) is 23.5 Å². The number of fused-ring (bicyclic) bond motifs is 2. The maximum absolute atomic E-state index is 12.4. The van der Waals surface area contributed by atoms with Crippen molar-refractivity contribution in [3.63, 3.8) is 0 Å². The Balaban J connectivity index is 1.08. The van der Waals surface area contributed by atoms with Crippen LogP contribution < -0.4 is 35.5 Å². The molecule has 0 saturated carbocycles. The molecule has 0 aliphatic heterocycles. The number of carbonyl (C=O) groups is 2. The van der Waals surface area contributed by atoms with Crippen molar-refractivity contribution in [3.8, 4) is 23.0 Å². The van der Waals surface area contributed by atoms with Crippen LogP contribution in [0.15, 0.2) is 84.9 Å². The Hall–Kier alpha value is -6.24. The third-order valence-electron chi connectivity index (χ3n) is 6.30. The number of ether oxygens (including phenoxy) is 3. The number of imidazole rings is 2. The molecule has 0 aliphatic carbocycles. The number of urea groups is 2. The Morgan fingerprint density at radius 2 is 0.953 bits per heavy atom. The number of aromatic nitrogens is 4. The van der Waals surface area contributed by atoms with Gasteiger partial charge < -0.3 is 34.8 Å². The van der Waals surface area contributed by atoms with Gasteiger partial charge in [0.1, 0.15) is 23.0 Å². The lowest BCUT2D eigenvalue weighted by atomic mass is 10.3. The molecular weight excluding hydrogens is 552 g/mol. The smallest absolute Gasteiger partial charge is 0.326 e. The van der Waals surface area contributed by atoms with Crippen LogP contribution in [0, 0.1) is 0 Å². The number of rotatable bonds is 8. The van der Waals surface area contributed by atoms with E-state index in [-0.39, 0.29) is 11.9 Å². The van der Waals surface area contributed by atoms with Gasteiger partial charge in [-0.1, -0.05) is 0 Å². The molecular formula is C30H26N8O5. The van der Waals surface area contributed by atoms with Crippen molar-refractivity contribution in [1.82, 2.24) is 19.9 Å². The Morgan fingerprint density at radius 1 is 0.558 bits per heavy atom. The highest BCUT2D eigenvalue weighted by Crippen LogP contribution is 2.28. The monoisotopic (exact) mass is 578 g/mol. The number of amides is 4. The first-order valence-electron chi connectivity index (χ1n) is 13.1. The maximum Gasteiger partial charge on any atom is 0.326 e. The fourth-order valence-electron chi connectivity index (χ4n) is 4.24. The average Bonchev–Trinajstić information content (AvgIpc) is 3.59. The summed E-state index contributed by atoms with van der Waals surface area (Å²) in [6.07, 6.45) is 0. The van der Waals surface area contributed by atoms with Gasteiger partial charge in [0.25, 0.3) is 0 Å². The molecule has 2 heterocycles. The number of nitrogens with zero attached hydrogens (tertiary/aromatic N) is 2. The second-order valence-electron chi connectivity index (χ2n) is 9.25. The van der Waals surface area contributed by atoms with E-state index in [1.807, 2.05) is 0 Å². The molecule has 0 radical (unpaired) electrons. The first kappa shape index (κ1) is 27.0. The highest BCUT2D eigenvalue weighted by Gasteiger charge is 2.11. The van der Waals surface area contributed by atoms with E-state index in [1.54, 1.807) is 99.1 Å². The molecule has 6 rings (SSSR count). The minimum absolute atomic E-state index is 0.284. The Bertz CT molecular complexity index is 1780. The number of aromatic amines is 2. The summed E-state index contributed by atoms with van der Waals surface area (Å²) in [7, 11) is 3.15. The first-order valence-corrected chi connectivity index (χ1v) is 13.1. The summed E-state index contributed by atoms with van der Waals surface area (Å²) < 4.78 is 16.3. The van der Waals surface area contributed by atoms with E-state index in [9.17, 15) is 9.59 Å². The fraction of sp³-hybridized carbons (Fsp3) is 0.0667. The molecule has 216 valence electrons. The minimum atomic E-state index is -0.444. The lowest BCUT2D eigenvalue weighted by Crippen LogP contribution is -2.20. The van der Waals surface area contributed by atoms with Crippen molar-refractivity contribution >= 4 is 57.4 Å². The quantitative estimate of drug-likeness (QED) is 0.119. The van der Waals surface area contributed by atoms with E-state index in [4.69, 9.17) is 14.2 Å². The van der Waals surface area contributed by atoms with Gasteiger partial charge in [-0.3, -0.25) is 10.6 Å². The van der Waals surface area contributed by atoms with E-state index >= 15 is 0 Å². The zero-order chi connectivity index (χ0) is 29.8. The maximum atomic E-state index is 12.4. The van der Waals surface area contributed by atoms with Crippen LogP contribution in [0.4, 0.5) is 32.9 Å². The summed E-state index contributed by atoms with van der Waals surface area (Å²) in [5.41, 5.74) is 3.87. The predicted molar refractivity (Wildman–Crippen MR) is 164 cm³/mol. The Morgan fingerprint density at radius 3 is 1.35 bits per heavy atom. The normalized spacial score (nSPS) is 10.7. The second kappa shape index (κ2) is 11.7. The van der Waals surface area contributed by atoms with Crippen LogP contribution in [-0.4, -0.2) is 46.2 Å². The fourth-order valence-corrected chi connectivity index (χ4v) is 4.24. The largest absolute Gasteiger partial charge is 0.497 e. The molecule has 13 heteroatoms. The number of H-pyrrole nitrogens is 2. The lowest BCUT2D eigenvalue weighted by Gasteiger charge is -2.06. The number of anilines is 4. The molecule has 0 aliphatic rings. The third-order valence-corrected chi connectivity index (χ3v) is 6.30. The molecule has 0 unspecified atom stereocenters. The first-order chi connectivity index (χ1) is 20.9. The van der Waals surface area contributed by atoms with Crippen LogP contribution in [0.1, 0.15) is 0 Å². The lowest BCUT2D eigenvalue weighted by molar-refractivity contribution is 0.261. The second-order valence-corrected chi connectivity index (χ2v) is 9.25. The highest BCUT2D eigenvalue weighted by atomic mass is 16.5. The third kappa shape index (κ3) is 6.41. The SMILES string of the molecule is COc1ccc(NC(=O)Nc2nc3cc(Oc4ccc5[nH]c(NC(=O)Nc6ccc(OC)cc6)nc5c4)ccc3[nH]2)cc1. The predicted octanol–water partition coefficient (Wildman–Crippen LogP) is 6.54. The minimum Gasteiger partial charge on any atom is -0.497 e. The molecule has 0 fully saturated rings. The molecule has 6 N–H and O–H groups in total. The molecule has 4 amide bonds. The molecule has 0 spiro atoms. The van der Waals surface area contributed by atoms with E-state index in [0.29, 0.717) is 45.4 Å². The van der Waals surface area contributed by atoms with Crippen molar-refractivity contribution in [2.75, 3.05) is 35.5 Å². The van der Waals surface area contributed by atoms with Crippen LogP contribution in [0.5, 0.6) is 23.0 Å². The van der Waals surface area contributed by atoms with Crippen molar-refractivity contribution < 1.29 is 23.8 Å². The van der Waals surface area contributed by atoms with E-state index in [2.05, 4.69) is 41.2 Å². The van der Waals surface area contributed by atoms with Crippen LogP contribution in [0.2, 0.25) is 0 Å². The summed E-state index contributed by atoms with van der Waals surface area (Å²) in [6.45, 7) is 0. The number of benzene rings is 4. The molecule has 2 aromatic heterocycles. The van der Waals surface area contributed by atoms with E-state index in [0.717, 1.165) is 11.0 Å². The van der Waals surface area contributed by atoms with Crippen molar-refractivity contribution in [2.24, 2.45) is 0 Å². The van der Waals surface area contributed by atoms with E-state index < -0.39 is 12.1 Å². The van der Waals surface area contributed by atoms with Gasteiger partial charge in [0.2, 0.25) is 11.9 Å². The summed E-state index contributed by atoms with van der Waals surface area (Å²) in [5, 5.41) is 10.9.